The van der Waals surface area contributed by atoms with E-state index in [0.29, 0.717) is 32.2 Å². The smallest absolute Gasteiger partial charge is 0.410 e. The van der Waals surface area contributed by atoms with Crippen LogP contribution in [0.15, 0.2) is 36.0 Å². The summed E-state index contributed by atoms with van der Waals surface area (Å²) in [5, 5.41) is 11.9. The lowest BCUT2D eigenvalue weighted by Crippen LogP contribution is -2.53. The van der Waals surface area contributed by atoms with Gasteiger partial charge < -0.3 is 38.8 Å². The van der Waals surface area contributed by atoms with E-state index < -0.39 is 42.1 Å². The Labute approximate surface area is 334 Å². The van der Waals surface area contributed by atoms with Gasteiger partial charge in [-0.1, -0.05) is 63.8 Å². The van der Waals surface area contributed by atoms with Crippen molar-refractivity contribution in [1.29, 1.82) is 0 Å². The summed E-state index contributed by atoms with van der Waals surface area (Å²) >= 11 is 0. The van der Waals surface area contributed by atoms with Crippen molar-refractivity contribution >= 4 is 24.2 Å². The largest absolute Gasteiger partial charge is 0.457 e. The molecule has 1 aliphatic carbocycles. The average molecular weight is 785 g/mol. The van der Waals surface area contributed by atoms with E-state index in [2.05, 4.69) is 4.90 Å². The molecule has 0 unspecified atom stereocenters. The van der Waals surface area contributed by atoms with Crippen LogP contribution in [0.4, 0.5) is 14.4 Å². The highest BCUT2D eigenvalue weighted by molar-refractivity contribution is 5.72. The predicted molar refractivity (Wildman–Crippen MR) is 213 cm³/mol. The van der Waals surface area contributed by atoms with E-state index in [1.54, 1.807) is 27.7 Å². The van der Waals surface area contributed by atoms with E-state index in [0.717, 1.165) is 57.4 Å². The molecule has 0 spiro atoms. The van der Waals surface area contributed by atoms with Gasteiger partial charge in [-0.3, -0.25) is 9.69 Å². The summed E-state index contributed by atoms with van der Waals surface area (Å²) in [6, 6.07) is 0.572. The molecule has 4 aliphatic heterocycles. The van der Waals surface area contributed by atoms with Gasteiger partial charge in [0.25, 0.3) is 0 Å². The summed E-state index contributed by atoms with van der Waals surface area (Å²) in [6.07, 6.45) is 16.9. The number of hydrogen-bond donors (Lipinski definition) is 1. The molecule has 0 aromatic rings. The minimum atomic E-state index is -1.52. The van der Waals surface area contributed by atoms with Crippen LogP contribution in [0.5, 0.6) is 0 Å². The molecule has 13 heteroatoms. The maximum Gasteiger partial charge on any atom is 0.410 e. The zero-order chi connectivity index (χ0) is 40.1. The number of cyclic esters (lactones) is 1. The molecule has 314 valence electrons. The second-order valence-electron chi connectivity index (χ2n) is 17.0. The van der Waals surface area contributed by atoms with Crippen LogP contribution in [0.2, 0.25) is 0 Å². The van der Waals surface area contributed by atoms with Crippen LogP contribution in [0.1, 0.15) is 111 Å². The first-order chi connectivity index (χ1) is 26.9. The van der Waals surface area contributed by atoms with Crippen molar-refractivity contribution in [1.82, 2.24) is 19.6 Å². The number of amides is 3. The molecule has 1 N–H and O–H groups in total. The first-order valence-corrected chi connectivity index (χ1v) is 21.4. The number of aliphatic hydroxyl groups is 1. The molecule has 4 fully saturated rings. The highest BCUT2D eigenvalue weighted by Crippen LogP contribution is 2.29. The molecular formula is C43H68N4O9. The van der Waals surface area contributed by atoms with Crippen molar-refractivity contribution in [2.24, 2.45) is 11.8 Å². The Kier molecular flexibility index (Phi) is 16.5. The zero-order valence-corrected chi connectivity index (χ0v) is 34.4. The van der Waals surface area contributed by atoms with Crippen LogP contribution in [0.3, 0.4) is 0 Å². The van der Waals surface area contributed by atoms with Gasteiger partial charge >= 0.3 is 24.2 Å². The molecule has 0 radical (unpaired) electrons. The number of rotatable bonds is 8. The summed E-state index contributed by atoms with van der Waals surface area (Å²) in [7, 11) is 0. The van der Waals surface area contributed by atoms with Crippen LogP contribution in [0.25, 0.3) is 0 Å². The van der Waals surface area contributed by atoms with E-state index >= 15 is 0 Å². The summed E-state index contributed by atoms with van der Waals surface area (Å²) in [6.45, 7) is 13.0. The van der Waals surface area contributed by atoms with Gasteiger partial charge in [0, 0.05) is 70.2 Å². The molecule has 5 aliphatic rings. The Morgan fingerprint density at radius 1 is 0.839 bits per heavy atom. The van der Waals surface area contributed by atoms with Crippen molar-refractivity contribution in [3.05, 3.63) is 36.0 Å². The number of ether oxygens (including phenoxy) is 4. The normalized spacial score (nSPS) is 30.6. The average Bonchev–Trinajstić information content (AvgIpc) is 3.87. The summed E-state index contributed by atoms with van der Waals surface area (Å²) in [5.41, 5.74) is -0.755. The molecular weight excluding hydrogens is 716 g/mol. The Balaban J connectivity index is 1.28. The molecule has 4 heterocycles. The van der Waals surface area contributed by atoms with E-state index in [4.69, 9.17) is 18.9 Å². The monoisotopic (exact) mass is 784 g/mol. The number of esters is 1. The Bertz CT molecular complexity index is 1390. The first kappa shape index (κ1) is 43.5. The van der Waals surface area contributed by atoms with Crippen LogP contribution >= 0.6 is 0 Å². The third kappa shape index (κ3) is 13.0. The minimum absolute atomic E-state index is 0.0368. The van der Waals surface area contributed by atoms with Gasteiger partial charge in [0.2, 0.25) is 0 Å². The Morgan fingerprint density at radius 2 is 1.43 bits per heavy atom. The molecule has 13 nitrogen and oxygen atoms in total. The van der Waals surface area contributed by atoms with Crippen molar-refractivity contribution in [2.75, 3.05) is 59.0 Å². The van der Waals surface area contributed by atoms with Gasteiger partial charge in [0.1, 0.15) is 17.8 Å². The van der Waals surface area contributed by atoms with Crippen LogP contribution in [0, 0.1) is 11.8 Å². The highest BCUT2D eigenvalue weighted by atomic mass is 16.6. The molecule has 0 aromatic heterocycles. The topological polar surface area (TPSA) is 138 Å². The lowest BCUT2D eigenvalue weighted by atomic mass is 9.88. The molecule has 0 bridgehead atoms. The number of carbonyl (C=O) groups is 4. The third-order valence-corrected chi connectivity index (χ3v) is 12.2. The van der Waals surface area contributed by atoms with Crippen molar-refractivity contribution in [3.8, 4) is 0 Å². The van der Waals surface area contributed by atoms with Gasteiger partial charge in [-0.2, -0.15) is 0 Å². The van der Waals surface area contributed by atoms with Gasteiger partial charge in [0.15, 0.2) is 6.10 Å². The fourth-order valence-corrected chi connectivity index (χ4v) is 8.47. The van der Waals surface area contributed by atoms with Gasteiger partial charge in [0.05, 0.1) is 13.0 Å². The number of carbonyl (C=O) groups excluding carboxylic acids is 4. The first-order valence-electron chi connectivity index (χ1n) is 21.4. The SMILES string of the molecule is C/C(=C\C=C\[C@@H](C)COC(=O)N1CCCC1)[C@H]1OC(=O)C[C@H](OC(=O)N2CCCC2)CC[C@@](C)(O)[C@@H](OC(=O)N2CCN(C3CCCCCC3)CC2)/C=C\[C@@H]1C. The number of piperazine rings is 1. The molecule has 0 aromatic carbocycles. The highest BCUT2D eigenvalue weighted by Gasteiger charge is 2.38. The quantitative estimate of drug-likeness (QED) is 0.0916. The Hall–Kier alpha value is -3.58. The standard InChI is InChI=1S/C43H68N4O9/c1-32(31-53-40(49)45-22-9-10-23-45)14-13-15-33(2)39-34(3)18-19-37(55-42(51)47-28-26-44(27-29-47)35-16-7-5-6-8-17-35)43(4,52)21-20-36(30-38(48)56-39)54-41(50)46-24-11-12-25-46/h13-15,18-19,32,34-37,39,52H,5-12,16-17,20-31H2,1-4H3/b14-13+,19-18-,33-15+/t32-,34+,36-,37+,39-,43-/m1/s1. The number of allylic oxidation sites excluding steroid dienone is 2. The van der Waals surface area contributed by atoms with Crippen LogP contribution in [-0.2, 0) is 23.7 Å². The second kappa shape index (κ2) is 21.3. The molecule has 56 heavy (non-hydrogen) atoms. The summed E-state index contributed by atoms with van der Waals surface area (Å²) < 4.78 is 23.6. The van der Waals surface area contributed by atoms with Crippen molar-refractivity contribution < 1.29 is 43.2 Å². The zero-order valence-electron chi connectivity index (χ0n) is 34.4. The van der Waals surface area contributed by atoms with Gasteiger partial charge in [-0.15, -0.1) is 0 Å². The molecule has 3 saturated heterocycles. The molecule has 5 rings (SSSR count). The lowest BCUT2D eigenvalue weighted by molar-refractivity contribution is -0.151. The molecule has 3 amide bonds. The third-order valence-electron chi connectivity index (χ3n) is 12.2. The second-order valence-corrected chi connectivity index (χ2v) is 17.0. The van der Waals surface area contributed by atoms with E-state index in [9.17, 15) is 24.3 Å². The maximum absolute atomic E-state index is 13.7. The number of likely N-dealkylation sites (tertiary alicyclic amines) is 2. The van der Waals surface area contributed by atoms with Crippen molar-refractivity contribution in [2.45, 2.75) is 141 Å². The van der Waals surface area contributed by atoms with E-state index in [-0.39, 0.29) is 43.8 Å². The summed E-state index contributed by atoms with van der Waals surface area (Å²) in [4.78, 5) is 60.2. The fraction of sp³-hybridized carbons (Fsp3) is 0.767. The number of hydrogen-bond acceptors (Lipinski definition) is 10. The lowest BCUT2D eigenvalue weighted by Gasteiger charge is -2.40. The number of nitrogens with zero attached hydrogens (tertiary/aromatic N) is 4. The Morgan fingerprint density at radius 3 is 2.07 bits per heavy atom. The predicted octanol–water partition coefficient (Wildman–Crippen LogP) is 6.84. The molecule has 1 saturated carbocycles. The minimum Gasteiger partial charge on any atom is -0.457 e. The summed E-state index contributed by atoms with van der Waals surface area (Å²) in [5.74, 6) is -0.919. The van der Waals surface area contributed by atoms with E-state index in [1.165, 1.54) is 38.5 Å². The fourth-order valence-electron chi connectivity index (χ4n) is 8.47. The van der Waals surface area contributed by atoms with Crippen LogP contribution < -0.4 is 0 Å². The van der Waals surface area contributed by atoms with Crippen LogP contribution in [-0.4, -0.2) is 138 Å². The van der Waals surface area contributed by atoms with Gasteiger partial charge in [-0.25, -0.2) is 14.4 Å². The maximum atomic E-state index is 13.7. The van der Waals surface area contributed by atoms with E-state index in [1.807, 2.05) is 45.1 Å². The molecule has 6 atom stereocenters. The van der Waals surface area contributed by atoms with Crippen molar-refractivity contribution in [3.63, 3.8) is 0 Å². The van der Waals surface area contributed by atoms with Gasteiger partial charge in [-0.05, 0) is 76.9 Å².